The Balaban J connectivity index is 1.88. The molecular formula is C18H11NO2. The molecule has 0 atom stereocenters. The van der Waals surface area contributed by atoms with Gasteiger partial charge in [0.15, 0.2) is 0 Å². The summed E-state index contributed by atoms with van der Waals surface area (Å²) in [6, 6.07) is 21.7. The fourth-order valence-corrected chi connectivity index (χ4v) is 2.10. The smallest absolute Gasteiger partial charge is 0.343 e. The largest absolute Gasteiger partial charge is 0.423 e. The van der Waals surface area contributed by atoms with E-state index in [-0.39, 0.29) is 5.97 Å². The van der Waals surface area contributed by atoms with Crippen molar-refractivity contribution in [2.45, 2.75) is 0 Å². The summed E-state index contributed by atoms with van der Waals surface area (Å²) in [6.07, 6.45) is 0. The van der Waals surface area contributed by atoms with Gasteiger partial charge < -0.3 is 4.74 Å². The van der Waals surface area contributed by atoms with Crippen LogP contribution in [0.15, 0.2) is 66.7 Å². The van der Waals surface area contributed by atoms with Gasteiger partial charge in [-0.25, -0.2) is 4.79 Å². The van der Waals surface area contributed by atoms with Crippen molar-refractivity contribution in [2.75, 3.05) is 0 Å². The Bertz CT molecular complexity index is 848. The van der Waals surface area contributed by atoms with Gasteiger partial charge in [0, 0.05) is 0 Å². The lowest BCUT2D eigenvalue weighted by Gasteiger charge is -2.06. The van der Waals surface area contributed by atoms with Crippen LogP contribution >= 0.6 is 0 Å². The fourth-order valence-electron chi connectivity index (χ4n) is 2.10. The van der Waals surface area contributed by atoms with E-state index in [4.69, 9.17) is 10.00 Å². The van der Waals surface area contributed by atoms with Gasteiger partial charge in [0.1, 0.15) is 5.75 Å². The molecule has 3 rings (SSSR count). The summed E-state index contributed by atoms with van der Waals surface area (Å²) in [7, 11) is 0. The molecule has 0 bridgehead atoms. The molecule has 3 nitrogen and oxygen atoms in total. The number of carbonyl (C=O) groups excluding carboxylic acids is 1. The lowest BCUT2D eigenvalue weighted by molar-refractivity contribution is 0.0735. The van der Waals surface area contributed by atoms with Crippen LogP contribution in [0, 0.1) is 11.3 Å². The maximum absolute atomic E-state index is 12.0. The number of ether oxygens (including phenoxy) is 1. The van der Waals surface area contributed by atoms with Crippen LogP contribution in [-0.2, 0) is 0 Å². The Morgan fingerprint density at radius 2 is 1.62 bits per heavy atom. The third-order valence-corrected chi connectivity index (χ3v) is 3.16. The van der Waals surface area contributed by atoms with Gasteiger partial charge in [0.25, 0.3) is 0 Å². The average Bonchev–Trinajstić information content (AvgIpc) is 2.55. The van der Waals surface area contributed by atoms with Crippen LogP contribution in [0.4, 0.5) is 0 Å². The van der Waals surface area contributed by atoms with E-state index >= 15 is 0 Å². The minimum Gasteiger partial charge on any atom is -0.423 e. The zero-order valence-electron chi connectivity index (χ0n) is 11.1. The summed E-state index contributed by atoms with van der Waals surface area (Å²) in [5, 5.41) is 10.7. The molecule has 3 aromatic carbocycles. The zero-order valence-corrected chi connectivity index (χ0v) is 11.1. The van der Waals surface area contributed by atoms with Crippen molar-refractivity contribution in [3.63, 3.8) is 0 Å². The molecule has 0 amide bonds. The lowest BCUT2D eigenvalue weighted by atomic mass is 10.1. The van der Waals surface area contributed by atoms with Crippen molar-refractivity contribution in [3.8, 4) is 11.8 Å². The number of benzene rings is 3. The molecule has 0 aromatic heterocycles. The molecule has 21 heavy (non-hydrogen) atoms. The molecule has 0 saturated carbocycles. The molecule has 0 heterocycles. The van der Waals surface area contributed by atoms with Crippen LogP contribution in [-0.4, -0.2) is 5.97 Å². The second kappa shape index (κ2) is 5.48. The first-order chi connectivity index (χ1) is 10.3. The van der Waals surface area contributed by atoms with E-state index in [1.54, 1.807) is 48.5 Å². The fraction of sp³-hybridized carbons (Fsp3) is 0. The van der Waals surface area contributed by atoms with Crippen LogP contribution in [0.3, 0.4) is 0 Å². The summed E-state index contributed by atoms with van der Waals surface area (Å²) < 4.78 is 5.36. The van der Waals surface area contributed by atoms with E-state index < -0.39 is 0 Å². The third kappa shape index (κ3) is 2.75. The molecule has 0 spiro atoms. The second-order valence-electron chi connectivity index (χ2n) is 4.59. The Kier molecular flexibility index (Phi) is 3.36. The maximum Gasteiger partial charge on any atom is 0.343 e. The van der Waals surface area contributed by atoms with Crippen LogP contribution in [0.1, 0.15) is 15.9 Å². The SMILES string of the molecule is N#Cc1ccc2cc(OC(=O)c3ccccc3)ccc2c1. The summed E-state index contributed by atoms with van der Waals surface area (Å²) >= 11 is 0. The minimum absolute atomic E-state index is 0.386. The first kappa shape index (κ1) is 12.9. The maximum atomic E-state index is 12.0. The average molecular weight is 273 g/mol. The molecule has 0 unspecified atom stereocenters. The van der Waals surface area contributed by atoms with Crippen molar-refractivity contribution >= 4 is 16.7 Å². The van der Waals surface area contributed by atoms with Gasteiger partial charge in [-0.1, -0.05) is 30.3 Å². The van der Waals surface area contributed by atoms with Gasteiger partial charge in [-0.3, -0.25) is 0 Å². The van der Waals surface area contributed by atoms with Crippen LogP contribution in [0.2, 0.25) is 0 Å². The van der Waals surface area contributed by atoms with Crippen molar-refractivity contribution in [1.82, 2.24) is 0 Å². The topological polar surface area (TPSA) is 50.1 Å². The standard InChI is InChI=1S/C18H11NO2/c19-12-13-6-7-16-11-17(9-8-15(16)10-13)21-18(20)14-4-2-1-3-5-14/h1-11H. The number of fused-ring (bicyclic) bond motifs is 1. The van der Waals surface area contributed by atoms with Crippen molar-refractivity contribution in [3.05, 3.63) is 77.9 Å². The minimum atomic E-state index is -0.386. The molecule has 3 heteroatoms. The van der Waals surface area contributed by atoms with Crippen molar-refractivity contribution in [2.24, 2.45) is 0 Å². The Labute approximate surface area is 122 Å². The predicted molar refractivity (Wildman–Crippen MR) is 80.1 cm³/mol. The highest BCUT2D eigenvalue weighted by atomic mass is 16.5. The molecule has 0 fully saturated rings. The van der Waals surface area contributed by atoms with E-state index in [1.807, 2.05) is 18.2 Å². The van der Waals surface area contributed by atoms with Gasteiger partial charge in [-0.2, -0.15) is 5.26 Å². The Hall–Kier alpha value is -3.12. The predicted octanol–water partition coefficient (Wildman–Crippen LogP) is 3.93. The number of carbonyl (C=O) groups is 1. The molecule has 100 valence electrons. The van der Waals surface area contributed by atoms with Crippen molar-refractivity contribution < 1.29 is 9.53 Å². The quantitative estimate of drug-likeness (QED) is 0.525. The molecule has 0 aliphatic heterocycles. The molecule has 0 saturated heterocycles. The highest BCUT2D eigenvalue weighted by molar-refractivity contribution is 5.92. The number of nitriles is 1. The second-order valence-corrected chi connectivity index (χ2v) is 4.59. The van der Waals surface area contributed by atoms with E-state index in [2.05, 4.69) is 6.07 Å². The summed E-state index contributed by atoms with van der Waals surface area (Å²) in [5.74, 6) is 0.102. The third-order valence-electron chi connectivity index (χ3n) is 3.16. The number of rotatable bonds is 2. The summed E-state index contributed by atoms with van der Waals surface area (Å²) in [6.45, 7) is 0. The van der Waals surface area contributed by atoms with Gasteiger partial charge in [0.2, 0.25) is 0 Å². The number of nitrogens with zero attached hydrogens (tertiary/aromatic N) is 1. The molecular weight excluding hydrogens is 262 g/mol. The Morgan fingerprint density at radius 3 is 2.38 bits per heavy atom. The first-order valence-electron chi connectivity index (χ1n) is 6.47. The molecule has 0 N–H and O–H groups in total. The highest BCUT2D eigenvalue weighted by Gasteiger charge is 2.08. The van der Waals surface area contributed by atoms with E-state index in [0.29, 0.717) is 16.9 Å². The molecule has 0 aliphatic rings. The normalized spacial score (nSPS) is 10.0. The van der Waals surface area contributed by atoms with E-state index in [1.165, 1.54) is 0 Å². The van der Waals surface area contributed by atoms with E-state index in [0.717, 1.165) is 10.8 Å². The molecule has 0 radical (unpaired) electrons. The van der Waals surface area contributed by atoms with Crippen LogP contribution < -0.4 is 4.74 Å². The van der Waals surface area contributed by atoms with Crippen LogP contribution in [0.5, 0.6) is 5.75 Å². The van der Waals surface area contributed by atoms with Gasteiger partial charge in [-0.05, 0) is 47.2 Å². The van der Waals surface area contributed by atoms with Gasteiger partial charge >= 0.3 is 5.97 Å². The zero-order chi connectivity index (χ0) is 14.7. The van der Waals surface area contributed by atoms with Gasteiger partial charge in [-0.15, -0.1) is 0 Å². The Morgan fingerprint density at radius 1 is 0.905 bits per heavy atom. The monoisotopic (exact) mass is 273 g/mol. The number of hydrogen-bond donors (Lipinski definition) is 0. The van der Waals surface area contributed by atoms with Crippen LogP contribution in [0.25, 0.3) is 10.8 Å². The van der Waals surface area contributed by atoms with E-state index in [9.17, 15) is 4.79 Å². The molecule has 3 aromatic rings. The molecule has 0 aliphatic carbocycles. The van der Waals surface area contributed by atoms with Crippen molar-refractivity contribution in [1.29, 1.82) is 5.26 Å². The first-order valence-corrected chi connectivity index (χ1v) is 6.47. The number of hydrogen-bond acceptors (Lipinski definition) is 3. The number of esters is 1. The summed E-state index contributed by atoms with van der Waals surface area (Å²) in [4.78, 5) is 12.0. The highest BCUT2D eigenvalue weighted by Crippen LogP contribution is 2.22. The van der Waals surface area contributed by atoms with Gasteiger partial charge in [0.05, 0.1) is 17.2 Å². The lowest BCUT2D eigenvalue weighted by Crippen LogP contribution is -2.07. The summed E-state index contributed by atoms with van der Waals surface area (Å²) in [5.41, 5.74) is 1.12.